The molecule has 0 bridgehead atoms. The fourth-order valence-electron chi connectivity index (χ4n) is 2.98. The highest BCUT2D eigenvalue weighted by Crippen LogP contribution is 2.30. The molecule has 1 aliphatic rings. The van der Waals surface area contributed by atoms with Gasteiger partial charge in [0.1, 0.15) is 10.5 Å². The van der Waals surface area contributed by atoms with Gasteiger partial charge in [-0.3, -0.25) is 10.1 Å². The molecule has 3 rings (SSSR count). The molecule has 3 heterocycles. The third-order valence-corrected chi connectivity index (χ3v) is 6.41. The molecule has 2 aromatic heterocycles. The Kier molecular flexibility index (Phi) is 6.28. The van der Waals surface area contributed by atoms with Crippen molar-refractivity contribution in [3.63, 3.8) is 0 Å². The van der Waals surface area contributed by atoms with E-state index in [1.54, 1.807) is 4.90 Å². The van der Waals surface area contributed by atoms with Gasteiger partial charge in [-0.15, -0.1) is 11.3 Å². The molecule has 0 fully saturated rings. The average molecular weight is 437 g/mol. The Morgan fingerprint density at radius 3 is 2.62 bits per heavy atom. The highest BCUT2D eigenvalue weighted by atomic mass is 32.1. The Balaban J connectivity index is 1.67. The summed E-state index contributed by atoms with van der Waals surface area (Å²) in [4.78, 5) is 37.4. The van der Waals surface area contributed by atoms with E-state index in [-0.39, 0.29) is 12.0 Å². The molecule has 158 valence electrons. The molecule has 0 radical (unpaired) electrons. The number of aromatic nitrogens is 2. The number of anilines is 1. The Bertz CT molecular complexity index is 911. The third-order valence-electron chi connectivity index (χ3n) is 4.23. The van der Waals surface area contributed by atoms with Crippen LogP contribution in [0, 0.1) is 12.8 Å². The normalized spacial score (nSPS) is 14.1. The first-order valence-corrected chi connectivity index (χ1v) is 11.4. The molecule has 0 spiro atoms. The van der Waals surface area contributed by atoms with E-state index in [1.807, 2.05) is 27.7 Å². The van der Waals surface area contributed by atoms with Crippen molar-refractivity contribution in [2.24, 2.45) is 5.92 Å². The fourth-order valence-corrected chi connectivity index (χ4v) is 5.18. The first-order chi connectivity index (χ1) is 13.5. The lowest BCUT2D eigenvalue weighted by Crippen LogP contribution is -2.39. The zero-order chi connectivity index (χ0) is 21.3. The van der Waals surface area contributed by atoms with E-state index in [2.05, 4.69) is 29.1 Å². The molecule has 2 aromatic rings. The number of fused-ring (bicyclic) bond motifs is 1. The van der Waals surface area contributed by atoms with Crippen LogP contribution < -0.4 is 5.32 Å². The number of aryl methyl sites for hydroxylation is 1. The lowest BCUT2D eigenvalue weighted by atomic mass is 10.1. The smallest absolute Gasteiger partial charge is 0.410 e. The molecule has 29 heavy (non-hydrogen) atoms. The molecular formula is C20H28N4O3S2. The summed E-state index contributed by atoms with van der Waals surface area (Å²) in [5.74, 6) is 0.320. The number of hydrogen-bond donors (Lipinski definition) is 1. The molecule has 7 nitrogen and oxygen atoms in total. The molecular weight excluding hydrogens is 408 g/mol. The van der Waals surface area contributed by atoms with Crippen LogP contribution in [0.15, 0.2) is 0 Å². The largest absolute Gasteiger partial charge is 0.444 e. The van der Waals surface area contributed by atoms with Gasteiger partial charge in [-0.25, -0.2) is 14.8 Å². The number of carbonyl (C=O) groups is 2. The molecule has 0 atom stereocenters. The van der Waals surface area contributed by atoms with Gasteiger partial charge in [0.05, 0.1) is 22.9 Å². The Labute approximate surface area is 179 Å². The van der Waals surface area contributed by atoms with Gasteiger partial charge in [-0.1, -0.05) is 25.2 Å². The Hall–Kier alpha value is -2.00. The maximum Gasteiger partial charge on any atom is 0.410 e. The highest BCUT2D eigenvalue weighted by Gasteiger charge is 2.28. The number of thiazole rings is 2. The molecule has 0 aliphatic carbocycles. The quantitative estimate of drug-likeness (QED) is 0.754. The summed E-state index contributed by atoms with van der Waals surface area (Å²) in [6, 6.07) is 0. The minimum atomic E-state index is -0.523. The van der Waals surface area contributed by atoms with Crippen LogP contribution >= 0.6 is 22.7 Å². The van der Waals surface area contributed by atoms with E-state index in [0.29, 0.717) is 35.4 Å². The summed E-state index contributed by atoms with van der Waals surface area (Å²) in [6.45, 7) is 12.7. The van der Waals surface area contributed by atoms with E-state index >= 15 is 0 Å². The number of rotatable bonds is 4. The van der Waals surface area contributed by atoms with E-state index < -0.39 is 5.60 Å². The molecule has 1 N–H and O–H groups in total. The van der Waals surface area contributed by atoms with Gasteiger partial charge >= 0.3 is 6.09 Å². The zero-order valence-corrected chi connectivity index (χ0v) is 19.4. The van der Waals surface area contributed by atoms with Crippen molar-refractivity contribution in [2.45, 2.75) is 66.5 Å². The predicted molar refractivity (Wildman–Crippen MR) is 116 cm³/mol. The minimum absolute atomic E-state index is 0.176. The SMILES string of the molecule is Cc1nc(CC(C)C)sc1C(=O)Nc1nc2c(s1)CN(C(=O)OC(C)(C)C)CC2. The van der Waals surface area contributed by atoms with Crippen molar-refractivity contribution in [1.82, 2.24) is 14.9 Å². The van der Waals surface area contributed by atoms with E-state index in [1.165, 1.54) is 22.7 Å². The highest BCUT2D eigenvalue weighted by molar-refractivity contribution is 7.16. The van der Waals surface area contributed by atoms with Crippen LogP contribution in [0.5, 0.6) is 0 Å². The summed E-state index contributed by atoms with van der Waals surface area (Å²) >= 11 is 2.86. The summed E-state index contributed by atoms with van der Waals surface area (Å²) in [6.07, 6.45) is 1.20. The first kappa shape index (κ1) is 21.7. The van der Waals surface area contributed by atoms with E-state index in [9.17, 15) is 9.59 Å². The maximum absolute atomic E-state index is 12.7. The molecule has 0 saturated heterocycles. The van der Waals surface area contributed by atoms with Crippen LogP contribution in [0.2, 0.25) is 0 Å². The Morgan fingerprint density at radius 1 is 1.24 bits per heavy atom. The Morgan fingerprint density at radius 2 is 1.97 bits per heavy atom. The van der Waals surface area contributed by atoms with Gasteiger partial charge < -0.3 is 9.64 Å². The minimum Gasteiger partial charge on any atom is -0.444 e. The fraction of sp³-hybridized carbons (Fsp3) is 0.600. The number of amides is 2. The molecule has 0 saturated carbocycles. The summed E-state index contributed by atoms with van der Waals surface area (Å²) in [7, 11) is 0. The van der Waals surface area contributed by atoms with Gasteiger partial charge in [0.15, 0.2) is 5.13 Å². The van der Waals surface area contributed by atoms with Crippen molar-refractivity contribution in [3.05, 3.63) is 26.1 Å². The van der Waals surface area contributed by atoms with Gasteiger partial charge in [0, 0.05) is 24.3 Å². The molecule has 9 heteroatoms. The number of nitrogens with one attached hydrogen (secondary N) is 1. The van der Waals surface area contributed by atoms with Gasteiger partial charge in [-0.2, -0.15) is 0 Å². The van der Waals surface area contributed by atoms with Crippen LogP contribution in [0.1, 0.15) is 65.6 Å². The standard InChI is InChI=1S/C20H28N4O3S2/c1-11(2)9-15-21-12(3)16(29-15)17(25)23-18-22-13-7-8-24(10-14(13)28-18)19(26)27-20(4,5)6/h11H,7-10H2,1-6H3,(H,22,23,25). The first-order valence-electron chi connectivity index (χ1n) is 9.76. The van der Waals surface area contributed by atoms with Crippen LogP contribution in [0.25, 0.3) is 0 Å². The predicted octanol–water partition coefficient (Wildman–Crippen LogP) is 4.65. The van der Waals surface area contributed by atoms with E-state index in [0.717, 1.165) is 27.7 Å². The number of nitrogens with zero attached hydrogens (tertiary/aromatic N) is 3. The maximum atomic E-state index is 12.7. The van der Waals surface area contributed by atoms with Gasteiger partial charge in [0.25, 0.3) is 5.91 Å². The monoisotopic (exact) mass is 436 g/mol. The summed E-state index contributed by atoms with van der Waals surface area (Å²) < 4.78 is 5.46. The number of hydrogen-bond acceptors (Lipinski definition) is 7. The van der Waals surface area contributed by atoms with Crippen molar-refractivity contribution >= 4 is 39.8 Å². The second kappa shape index (κ2) is 8.39. The van der Waals surface area contributed by atoms with Crippen molar-refractivity contribution < 1.29 is 14.3 Å². The lowest BCUT2D eigenvalue weighted by Gasteiger charge is -2.29. The van der Waals surface area contributed by atoms with Gasteiger partial charge in [-0.05, 0) is 33.6 Å². The molecule has 0 aromatic carbocycles. The van der Waals surface area contributed by atoms with Gasteiger partial charge in [0.2, 0.25) is 0 Å². The summed E-state index contributed by atoms with van der Waals surface area (Å²) in [5, 5.41) is 4.45. The molecule has 2 amide bonds. The van der Waals surface area contributed by atoms with Crippen LogP contribution in [0.4, 0.5) is 9.93 Å². The van der Waals surface area contributed by atoms with Crippen molar-refractivity contribution in [2.75, 3.05) is 11.9 Å². The number of ether oxygens (including phenoxy) is 1. The average Bonchev–Trinajstić information content (AvgIpc) is 3.14. The zero-order valence-electron chi connectivity index (χ0n) is 17.8. The third kappa shape index (κ3) is 5.54. The lowest BCUT2D eigenvalue weighted by molar-refractivity contribution is 0.0225. The number of carbonyl (C=O) groups excluding carboxylic acids is 2. The van der Waals surface area contributed by atoms with Crippen molar-refractivity contribution in [1.29, 1.82) is 0 Å². The molecule has 0 unspecified atom stereocenters. The van der Waals surface area contributed by atoms with Crippen LogP contribution in [-0.2, 0) is 24.1 Å². The van der Waals surface area contributed by atoms with Crippen molar-refractivity contribution in [3.8, 4) is 0 Å². The summed E-state index contributed by atoms with van der Waals surface area (Å²) in [5.41, 5.74) is 1.16. The molecule has 1 aliphatic heterocycles. The van der Waals surface area contributed by atoms with E-state index in [4.69, 9.17) is 4.74 Å². The van der Waals surface area contributed by atoms with Crippen LogP contribution in [-0.4, -0.2) is 39.0 Å². The second-order valence-electron chi connectivity index (χ2n) is 8.62. The van der Waals surface area contributed by atoms with Crippen LogP contribution in [0.3, 0.4) is 0 Å². The second-order valence-corrected chi connectivity index (χ2v) is 10.8. The topological polar surface area (TPSA) is 84.4 Å².